The summed E-state index contributed by atoms with van der Waals surface area (Å²) in [5.74, 6) is 7.75. The van der Waals surface area contributed by atoms with Crippen LogP contribution in [-0.2, 0) is 6.42 Å². The van der Waals surface area contributed by atoms with Crippen molar-refractivity contribution >= 4 is 11.6 Å². The van der Waals surface area contributed by atoms with E-state index in [-0.39, 0.29) is 0 Å². The zero-order valence-corrected chi connectivity index (χ0v) is 9.62. The zero-order valence-electron chi connectivity index (χ0n) is 9.62. The summed E-state index contributed by atoms with van der Waals surface area (Å²) in [7, 11) is 2.02. The molecule has 0 amide bonds. The summed E-state index contributed by atoms with van der Waals surface area (Å²) in [5.41, 5.74) is 2.56. The smallest absolute Gasteiger partial charge is 0.145 e. The van der Waals surface area contributed by atoms with Gasteiger partial charge in [0, 0.05) is 26.1 Å². The predicted octanol–water partition coefficient (Wildman–Crippen LogP) is 1.17. The second-order valence-corrected chi connectivity index (χ2v) is 3.45. The molecule has 0 atom stereocenters. The highest BCUT2D eigenvalue weighted by Gasteiger charge is 2.06. The Labute approximate surface area is 90.7 Å². The molecule has 1 aromatic rings. The largest absolute Gasteiger partial charge is 0.360 e. The van der Waals surface area contributed by atoms with Crippen molar-refractivity contribution in [3.05, 3.63) is 11.9 Å². The highest BCUT2D eigenvalue weighted by atomic mass is 15.3. The maximum atomic E-state index is 5.36. The van der Waals surface area contributed by atoms with Gasteiger partial charge in [0.1, 0.15) is 17.5 Å². The molecule has 0 unspecified atom stereocenters. The van der Waals surface area contributed by atoms with Crippen LogP contribution in [0.4, 0.5) is 11.6 Å². The molecule has 1 aromatic heterocycles. The van der Waals surface area contributed by atoms with Crippen LogP contribution in [0.15, 0.2) is 6.07 Å². The first-order valence-electron chi connectivity index (χ1n) is 5.27. The molecular formula is C10H19N5. The minimum absolute atomic E-state index is 0.666. The van der Waals surface area contributed by atoms with Gasteiger partial charge in [0.2, 0.25) is 0 Å². The molecule has 0 aliphatic rings. The number of anilines is 2. The van der Waals surface area contributed by atoms with Crippen LogP contribution in [0, 0.1) is 0 Å². The van der Waals surface area contributed by atoms with Gasteiger partial charge in [-0.2, -0.15) is 0 Å². The molecule has 0 aliphatic carbocycles. The Morgan fingerprint density at radius 3 is 2.67 bits per heavy atom. The molecule has 84 valence electrons. The molecule has 0 bridgehead atoms. The number of rotatable bonds is 5. The number of hydrogen-bond acceptors (Lipinski definition) is 5. The normalized spacial score (nSPS) is 10.1. The Hall–Kier alpha value is -1.36. The van der Waals surface area contributed by atoms with Crippen molar-refractivity contribution in [1.82, 2.24) is 9.97 Å². The van der Waals surface area contributed by atoms with Crippen LogP contribution in [0.3, 0.4) is 0 Å². The maximum absolute atomic E-state index is 5.36. The molecule has 5 heteroatoms. The molecule has 15 heavy (non-hydrogen) atoms. The van der Waals surface area contributed by atoms with Gasteiger partial charge in [-0.05, 0) is 6.42 Å². The first-order chi connectivity index (χ1) is 7.21. The van der Waals surface area contributed by atoms with E-state index in [9.17, 15) is 0 Å². The quantitative estimate of drug-likeness (QED) is 0.563. The van der Waals surface area contributed by atoms with E-state index >= 15 is 0 Å². The van der Waals surface area contributed by atoms with Gasteiger partial charge in [-0.25, -0.2) is 15.8 Å². The number of aromatic nitrogens is 2. The molecule has 1 rings (SSSR count). The average Bonchev–Trinajstić information content (AvgIpc) is 2.28. The van der Waals surface area contributed by atoms with Crippen molar-refractivity contribution in [2.75, 3.05) is 23.9 Å². The number of aryl methyl sites for hydroxylation is 1. The van der Waals surface area contributed by atoms with E-state index in [4.69, 9.17) is 5.84 Å². The lowest BCUT2D eigenvalue weighted by Gasteiger charge is -2.18. The van der Waals surface area contributed by atoms with E-state index < -0.39 is 0 Å². The van der Waals surface area contributed by atoms with E-state index in [1.165, 1.54) is 0 Å². The Balaban J connectivity index is 2.95. The number of nitrogens with two attached hydrogens (primary N) is 1. The highest BCUT2D eigenvalue weighted by Crippen LogP contribution is 2.14. The van der Waals surface area contributed by atoms with Gasteiger partial charge in [-0.15, -0.1) is 0 Å². The van der Waals surface area contributed by atoms with Crippen molar-refractivity contribution in [2.24, 2.45) is 5.84 Å². The van der Waals surface area contributed by atoms with Gasteiger partial charge in [0.05, 0.1) is 0 Å². The van der Waals surface area contributed by atoms with E-state index in [0.29, 0.717) is 5.82 Å². The van der Waals surface area contributed by atoms with Gasteiger partial charge < -0.3 is 10.3 Å². The molecule has 0 aliphatic heterocycles. The summed E-state index contributed by atoms with van der Waals surface area (Å²) in [4.78, 5) is 10.8. The van der Waals surface area contributed by atoms with Gasteiger partial charge in [-0.1, -0.05) is 13.8 Å². The molecule has 0 aromatic carbocycles. The van der Waals surface area contributed by atoms with Gasteiger partial charge in [-0.3, -0.25) is 0 Å². The van der Waals surface area contributed by atoms with Crippen molar-refractivity contribution in [1.29, 1.82) is 0 Å². The average molecular weight is 209 g/mol. The fourth-order valence-corrected chi connectivity index (χ4v) is 1.36. The van der Waals surface area contributed by atoms with Crippen molar-refractivity contribution < 1.29 is 0 Å². The van der Waals surface area contributed by atoms with Crippen LogP contribution in [0.25, 0.3) is 0 Å². The van der Waals surface area contributed by atoms with Crippen LogP contribution in [0.5, 0.6) is 0 Å². The van der Waals surface area contributed by atoms with E-state index in [2.05, 4.69) is 27.2 Å². The summed E-state index contributed by atoms with van der Waals surface area (Å²) in [5, 5.41) is 0. The third-order valence-corrected chi connectivity index (χ3v) is 2.17. The Bertz CT molecular complexity index is 290. The van der Waals surface area contributed by atoms with Gasteiger partial charge >= 0.3 is 0 Å². The van der Waals surface area contributed by atoms with Crippen molar-refractivity contribution in [3.63, 3.8) is 0 Å². The zero-order chi connectivity index (χ0) is 11.3. The fraction of sp³-hybridized carbons (Fsp3) is 0.600. The topological polar surface area (TPSA) is 67.1 Å². The van der Waals surface area contributed by atoms with Crippen LogP contribution in [-0.4, -0.2) is 23.6 Å². The van der Waals surface area contributed by atoms with E-state index in [1.807, 2.05) is 20.0 Å². The lowest BCUT2D eigenvalue weighted by molar-refractivity contribution is 0.820. The Morgan fingerprint density at radius 2 is 2.13 bits per heavy atom. The Kier molecular flexibility index (Phi) is 4.30. The number of nitrogens with zero attached hydrogens (tertiary/aromatic N) is 3. The molecule has 0 spiro atoms. The standard InChI is InChI=1S/C10H19N5/c1-4-6-15(3)10-7-9(14-11)12-8(5-2)13-10/h7H,4-6,11H2,1-3H3,(H,12,13,14). The summed E-state index contributed by atoms with van der Waals surface area (Å²) in [6.45, 7) is 5.14. The monoisotopic (exact) mass is 209 g/mol. The summed E-state index contributed by atoms with van der Waals surface area (Å²) in [6, 6.07) is 1.86. The first kappa shape index (κ1) is 11.7. The van der Waals surface area contributed by atoms with Crippen LogP contribution >= 0.6 is 0 Å². The van der Waals surface area contributed by atoms with Crippen LogP contribution in [0.2, 0.25) is 0 Å². The maximum Gasteiger partial charge on any atom is 0.145 e. The summed E-state index contributed by atoms with van der Waals surface area (Å²) >= 11 is 0. The molecule has 0 saturated carbocycles. The molecule has 0 saturated heterocycles. The fourth-order valence-electron chi connectivity index (χ4n) is 1.36. The number of hydrogen-bond donors (Lipinski definition) is 2. The highest BCUT2D eigenvalue weighted by molar-refractivity contribution is 5.48. The van der Waals surface area contributed by atoms with Crippen molar-refractivity contribution in [2.45, 2.75) is 26.7 Å². The third kappa shape index (κ3) is 3.06. The molecule has 3 N–H and O–H groups in total. The minimum atomic E-state index is 0.666. The van der Waals surface area contributed by atoms with Gasteiger partial charge in [0.15, 0.2) is 0 Å². The van der Waals surface area contributed by atoms with Crippen LogP contribution < -0.4 is 16.2 Å². The van der Waals surface area contributed by atoms with Crippen LogP contribution in [0.1, 0.15) is 26.1 Å². The second kappa shape index (κ2) is 5.50. The Morgan fingerprint density at radius 1 is 1.40 bits per heavy atom. The van der Waals surface area contributed by atoms with E-state index in [1.54, 1.807) is 0 Å². The summed E-state index contributed by atoms with van der Waals surface area (Å²) in [6.07, 6.45) is 1.90. The minimum Gasteiger partial charge on any atom is -0.360 e. The molecule has 5 nitrogen and oxygen atoms in total. The summed E-state index contributed by atoms with van der Waals surface area (Å²) < 4.78 is 0. The van der Waals surface area contributed by atoms with Crippen molar-refractivity contribution in [3.8, 4) is 0 Å². The number of hydrazine groups is 1. The lowest BCUT2D eigenvalue weighted by atomic mass is 10.4. The SMILES string of the molecule is CCCN(C)c1cc(NN)nc(CC)n1. The van der Waals surface area contributed by atoms with E-state index in [0.717, 1.165) is 31.0 Å². The molecular weight excluding hydrogens is 190 g/mol. The first-order valence-corrected chi connectivity index (χ1v) is 5.27. The predicted molar refractivity (Wildman–Crippen MR) is 62.8 cm³/mol. The molecule has 0 radical (unpaired) electrons. The van der Waals surface area contributed by atoms with Gasteiger partial charge in [0.25, 0.3) is 0 Å². The third-order valence-electron chi connectivity index (χ3n) is 2.17. The number of nitrogens with one attached hydrogen (secondary N) is 1. The number of nitrogen functional groups attached to an aromatic ring is 1. The lowest BCUT2D eigenvalue weighted by Crippen LogP contribution is -2.21. The second-order valence-electron chi connectivity index (χ2n) is 3.45. The molecule has 1 heterocycles. The molecule has 0 fully saturated rings.